The van der Waals surface area contributed by atoms with Crippen molar-refractivity contribution in [1.29, 1.82) is 0 Å². The lowest BCUT2D eigenvalue weighted by atomic mass is 10.1. The summed E-state index contributed by atoms with van der Waals surface area (Å²) in [5.74, 6) is 0.785. The second-order valence-electron chi connectivity index (χ2n) is 4.12. The van der Waals surface area contributed by atoms with Gasteiger partial charge in [0.1, 0.15) is 11.5 Å². The Labute approximate surface area is 117 Å². The van der Waals surface area contributed by atoms with Crippen molar-refractivity contribution in [3.05, 3.63) is 66.4 Å². The molecule has 0 spiro atoms. The summed E-state index contributed by atoms with van der Waals surface area (Å²) >= 11 is 0. The van der Waals surface area contributed by atoms with Crippen molar-refractivity contribution in [1.82, 2.24) is 0 Å². The van der Waals surface area contributed by atoms with Gasteiger partial charge in [0, 0.05) is 23.5 Å². The highest BCUT2D eigenvalue weighted by molar-refractivity contribution is 6.04. The molecule has 0 aliphatic carbocycles. The average molecular weight is 269 g/mol. The fraction of sp³-hybridized carbons (Fsp3) is 0.0625. The lowest BCUT2D eigenvalue weighted by molar-refractivity contribution is 0.104. The molecule has 102 valence electrons. The van der Waals surface area contributed by atoms with Gasteiger partial charge in [0.2, 0.25) is 0 Å². The Morgan fingerprint density at radius 2 is 1.75 bits per heavy atom. The largest absolute Gasteiger partial charge is 0.508 e. The number of ether oxygens (including phenoxy) is 1. The first-order chi connectivity index (χ1) is 9.69. The predicted molar refractivity (Wildman–Crippen MR) is 78.2 cm³/mol. The molecule has 0 aliphatic rings. The molecule has 0 heterocycles. The molecule has 0 saturated carbocycles. The van der Waals surface area contributed by atoms with Gasteiger partial charge in [-0.2, -0.15) is 0 Å². The van der Waals surface area contributed by atoms with Crippen LogP contribution in [0.15, 0.2) is 60.8 Å². The molecule has 20 heavy (non-hydrogen) atoms. The summed E-state index contributed by atoms with van der Waals surface area (Å²) in [4.78, 5) is 11.8. The van der Waals surface area contributed by atoms with E-state index in [0.717, 1.165) is 11.4 Å². The molecule has 0 radical (unpaired) electrons. The van der Waals surface area contributed by atoms with Crippen molar-refractivity contribution >= 4 is 11.5 Å². The molecule has 0 fully saturated rings. The summed E-state index contributed by atoms with van der Waals surface area (Å²) in [5, 5.41) is 12.2. The monoisotopic (exact) mass is 269 g/mol. The predicted octanol–water partition coefficient (Wildman–Crippen LogP) is 3.21. The second-order valence-corrected chi connectivity index (χ2v) is 4.12. The summed E-state index contributed by atoms with van der Waals surface area (Å²) in [5.41, 5.74) is 1.39. The van der Waals surface area contributed by atoms with Gasteiger partial charge >= 0.3 is 0 Å². The van der Waals surface area contributed by atoms with Crippen LogP contribution in [0.3, 0.4) is 0 Å². The first-order valence-corrected chi connectivity index (χ1v) is 6.09. The third-order valence-electron chi connectivity index (χ3n) is 2.73. The fourth-order valence-electron chi connectivity index (χ4n) is 1.62. The van der Waals surface area contributed by atoms with Crippen molar-refractivity contribution in [2.75, 3.05) is 12.4 Å². The number of rotatable bonds is 5. The highest BCUT2D eigenvalue weighted by Crippen LogP contribution is 2.15. The van der Waals surface area contributed by atoms with E-state index >= 15 is 0 Å². The molecular weight excluding hydrogens is 254 g/mol. The number of allylic oxidation sites excluding steroid dienone is 1. The molecule has 4 nitrogen and oxygen atoms in total. The summed E-state index contributed by atoms with van der Waals surface area (Å²) in [6.45, 7) is 0. The minimum atomic E-state index is -0.133. The van der Waals surface area contributed by atoms with Crippen LogP contribution in [0.1, 0.15) is 10.4 Å². The van der Waals surface area contributed by atoms with Gasteiger partial charge < -0.3 is 15.2 Å². The summed E-state index contributed by atoms with van der Waals surface area (Å²) < 4.78 is 5.06. The Kier molecular flexibility index (Phi) is 4.39. The number of carbonyl (C=O) groups is 1. The van der Waals surface area contributed by atoms with E-state index in [2.05, 4.69) is 5.32 Å². The minimum Gasteiger partial charge on any atom is -0.508 e. The highest BCUT2D eigenvalue weighted by Gasteiger charge is 2.00. The number of hydrogen-bond acceptors (Lipinski definition) is 4. The van der Waals surface area contributed by atoms with Gasteiger partial charge in [-0.15, -0.1) is 0 Å². The average Bonchev–Trinajstić information content (AvgIpc) is 2.48. The molecule has 0 bridgehead atoms. The van der Waals surface area contributed by atoms with Gasteiger partial charge in [0.15, 0.2) is 5.78 Å². The van der Waals surface area contributed by atoms with Crippen molar-refractivity contribution < 1.29 is 14.6 Å². The molecule has 0 atom stereocenters. The van der Waals surface area contributed by atoms with E-state index in [1.54, 1.807) is 25.4 Å². The van der Waals surface area contributed by atoms with Gasteiger partial charge in [-0.25, -0.2) is 0 Å². The Balaban J connectivity index is 1.95. The number of carbonyl (C=O) groups excluding carboxylic acids is 1. The molecule has 0 aliphatic heterocycles. The van der Waals surface area contributed by atoms with Crippen molar-refractivity contribution in [3.8, 4) is 11.5 Å². The van der Waals surface area contributed by atoms with Crippen LogP contribution in [0, 0.1) is 0 Å². The zero-order chi connectivity index (χ0) is 14.4. The smallest absolute Gasteiger partial charge is 0.187 e. The topological polar surface area (TPSA) is 58.6 Å². The van der Waals surface area contributed by atoms with E-state index in [9.17, 15) is 4.79 Å². The summed E-state index contributed by atoms with van der Waals surface area (Å²) in [6.07, 6.45) is 3.02. The minimum absolute atomic E-state index is 0.133. The molecule has 0 unspecified atom stereocenters. The van der Waals surface area contributed by atoms with Crippen LogP contribution < -0.4 is 10.1 Å². The first kappa shape index (κ1) is 13.7. The summed E-state index contributed by atoms with van der Waals surface area (Å²) in [6, 6.07) is 13.5. The molecule has 2 aromatic rings. The number of ketones is 1. The molecule has 0 aromatic heterocycles. The van der Waals surface area contributed by atoms with Crippen LogP contribution >= 0.6 is 0 Å². The molecule has 0 amide bonds. The van der Waals surface area contributed by atoms with Gasteiger partial charge in [0.05, 0.1) is 7.11 Å². The molecule has 2 rings (SSSR count). The van der Waals surface area contributed by atoms with Crippen LogP contribution in [0.2, 0.25) is 0 Å². The second kappa shape index (κ2) is 6.43. The van der Waals surface area contributed by atoms with E-state index < -0.39 is 0 Å². The number of phenolic OH excluding ortho intramolecular Hbond substituents is 1. The highest BCUT2D eigenvalue weighted by atomic mass is 16.5. The van der Waals surface area contributed by atoms with E-state index in [0.29, 0.717) is 5.56 Å². The Bertz CT molecular complexity index is 601. The van der Waals surface area contributed by atoms with Crippen LogP contribution in [0.25, 0.3) is 0 Å². The van der Waals surface area contributed by atoms with Crippen LogP contribution in [0.4, 0.5) is 5.69 Å². The van der Waals surface area contributed by atoms with E-state index in [1.165, 1.54) is 18.2 Å². The lowest BCUT2D eigenvalue weighted by Gasteiger charge is -2.02. The Morgan fingerprint density at radius 3 is 2.35 bits per heavy atom. The van der Waals surface area contributed by atoms with Crippen LogP contribution in [-0.4, -0.2) is 18.0 Å². The number of aromatic hydroxyl groups is 1. The zero-order valence-corrected chi connectivity index (χ0v) is 11.0. The molecule has 0 saturated heterocycles. The normalized spacial score (nSPS) is 10.4. The van der Waals surface area contributed by atoms with E-state index in [4.69, 9.17) is 9.84 Å². The fourth-order valence-corrected chi connectivity index (χ4v) is 1.62. The van der Waals surface area contributed by atoms with Crippen LogP contribution in [-0.2, 0) is 0 Å². The number of hydrogen-bond donors (Lipinski definition) is 2. The molecule has 4 heteroatoms. The molecular formula is C16H15NO3. The van der Waals surface area contributed by atoms with Gasteiger partial charge in [-0.05, 0) is 48.5 Å². The third kappa shape index (κ3) is 3.62. The zero-order valence-electron chi connectivity index (χ0n) is 11.0. The first-order valence-electron chi connectivity index (χ1n) is 6.09. The number of nitrogens with one attached hydrogen (secondary N) is 1. The number of phenols is 1. The SMILES string of the molecule is COc1ccc(N/C=C/C(=O)c2ccc(O)cc2)cc1. The van der Waals surface area contributed by atoms with Crippen molar-refractivity contribution in [2.45, 2.75) is 0 Å². The quantitative estimate of drug-likeness (QED) is 0.646. The Hall–Kier alpha value is -2.75. The maximum Gasteiger partial charge on any atom is 0.187 e. The number of methoxy groups -OCH3 is 1. The van der Waals surface area contributed by atoms with Crippen molar-refractivity contribution in [3.63, 3.8) is 0 Å². The Morgan fingerprint density at radius 1 is 1.10 bits per heavy atom. The van der Waals surface area contributed by atoms with E-state index in [1.807, 2.05) is 24.3 Å². The standard InChI is InChI=1S/C16H15NO3/c1-20-15-8-4-13(5-9-15)17-11-10-16(19)12-2-6-14(18)7-3-12/h2-11,17-18H,1H3/b11-10+. The van der Waals surface area contributed by atoms with Gasteiger partial charge in [0.25, 0.3) is 0 Å². The van der Waals surface area contributed by atoms with Gasteiger partial charge in [-0.3, -0.25) is 4.79 Å². The van der Waals surface area contributed by atoms with Crippen molar-refractivity contribution in [2.24, 2.45) is 0 Å². The van der Waals surface area contributed by atoms with E-state index in [-0.39, 0.29) is 11.5 Å². The maximum absolute atomic E-state index is 11.8. The summed E-state index contributed by atoms with van der Waals surface area (Å²) in [7, 11) is 1.61. The number of benzene rings is 2. The maximum atomic E-state index is 11.8. The number of anilines is 1. The molecule has 2 N–H and O–H groups in total. The van der Waals surface area contributed by atoms with Crippen LogP contribution in [0.5, 0.6) is 11.5 Å². The third-order valence-corrected chi connectivity index (χ3v) is 2.73. The van der Waals surface area contributed by atoms with Gasteiger partial charge in [-0.1, -0.05) is 0 Å². The molecule has 2 aromatic carbocycles. The lowest BCUT2D eigenvalue weighted by Crippen LogP contribution is -1.95.